The molecule has 2 aromatic rings. The molecular weight excluding hydrogens is 320 g/mol. The van der Waals surface area contributed by atoms with Gasteiger partial charge in [-0.25, -0.2) is 4.79 Å². The maximum Gasteiger partial charge on any atom is 0.321 e. The third-order valence-electron chi connectivity index (χ3n) is 4.78. The molecule has 0 saturated carbocycles. The van der Waals surface area contributed by atoms with Gasteiger partial charge in [-0.3, -0.25) is 0 Å². The zero-order chi connectivity index (χ0) is 16.9. The van der Waals surface area contributed by atoms with Crippen molar-refractivity contribution in [3.63, 3.8) is 0 Å². The van der Waals surface area contributed by atoms with E-state index in [1.807, 2.05) is 36.1 Å². The molecule has 2 aromatic carbocycles. The van der Waals surface area contributed by atoms with Gasteiger partial charge in [0.15, 0.2) is 0 Å². The quantitative estimate of drug-likeness (QED) is 0.823. The zero-order valence-corrected chi connectivity index (χ0v) is 14.7. The van der Waals surface area contributed by atoms with E-state index in [1.165, 1.54) is 5.56 Å². The van der Waals surface area contributed by atoms with Gasteiger partial charge in [0.2, 0.25) is 0 Å². The first-order valence-electron chi connectivity index (χ1n) is 8.48. The first-order chi connectivity index (χ1) is 11.6. The molecule has 1 aliphatic rings. The van der Waals surface area contributed by atoms with E-state index in [4.69, 9.17) is 11.6 Å². The van der Waals surface area contributed by atoms with Gasteiger partial charge in [-0.1, -0.05) is 48.0 Å². The molecule has 0 spiro atoms. The third-order valence-corrected chi connectivity index (χ3v) is 5.19. The molecule has 1 heterocycles. The highest BCUT2D eigenvalue weighted by Crippen LogP contribution is 2.25. The van der Waals surface area contributed by atoms with Gasteiger partial charge in [-0.2, -0.15) is 0 Å². The van der Waals surface area contributed by atoms with E-state index in [1.54, 1.807) is 0 Å². The number of carbonyl (C=O) groups is 1. The largest absolute Gasteiger partial charge is 0.325 e. The van der Waals surface area contributed by atoms with Crippen molar-refractivity contribution in [3.05, 3.63) is 64.7 Å². The summed E-state index contributed by atoms with van der Waals surface area (Å²) in [7, 11) is 0. The minimum atomic E-state index is -0.0291. The van der Waals surface area contributed by atoms with E-state index in [9.17, 15) is 4.79 Å². The minimum Gasteiger partial charge on any atom is -0.325 e. The van der Waals surface area contributed by atoms with E-state index >= 15 is 0 Å². The summed E-state index contributed by atoms with van der Waals surface area (Å²) in [5.74, 6) is 0.657. The van der Waals surface area contributed by atoms with Crippen molar-refractivity contribution in [2.24, 2.45) is 5.92 Å². The summed E-state index contributed by atoms with van der Waals surface area (Å²) in [5.41, 5.74) is 3.08. The first-order valence-corrected chi connectivity index (χ1v) is 8.86. The van der Waals surface area contributed by atoms with Crippen LogP contribution >= 0.6 is 11.6 Å². The van der Waals surface area contributed by atoms with Crippen LogP contribution in [0, 0.1) is 12.8 Å². The van der Waals surface area contributed by atoms with Crippen molar-refractivity contribution in [2.45, 2.75) is 26.2 Å². The van der Waals surface area contributed by atoms with Gasteiger partial charge in [0.25, 0.3) is 0 Å². The molecule has 0 radical (unpaired) electrons. The van der Waals surface area contributed by atoms with E-state index in [0.717, 1.165) is 43.6 Å². The van der Waals surface area contributed by atoms with Crippen molar-refractivity contribution in [1.29, 1.82) is 0 Å². The summed E-state index contributed by atoms with van der Waals surface area (Å²) < 4.78 is 0. The lowest BCUT2D eigenvalue weighted by Gasteiger charge is -2.32. The molecule has 1 fully saturated rings. The molecule has 3 rings (SSSR count). The summed E-state index contributed by atoms with van der Waals surface area (Å²) in [6.45, 7) is 3.54. The number of likely N-dealkylation sites (tertiary alicyclic amines) is 1. The molecule has 1 aliphatic heterocycles. The Morgan fingerprint density at radius 3 is 2.54 bits per heavy atom. The Balaban J connectivity index is 1.52. The van der Waals surface area contributed by atoms with Crippen LogP contribution in [0.4, 0.5) is 10.5 Å². The first kappa shape index (κ1) is 16.8. The Bertz CT molecular complexity index is 694. The van der Waals surface area contributed by atoms with E-state index in [-0.39, 0.29) is 6.03 Å². The number of urea groups is 1. The highest BCUT2D eigenvalue weighted by atomic mass is 35.5. The zero-order valence-electron chi connectivity index (χ0n) is 14.0. The van der Waals surface area contributed by atoms with Crippen molar-refractivity contribution in [2.75, 3.05) is 18.4 Å². The van der Waals surface area contributed by atoms with Crippen LogP contribution in [-0.2, 0) is 6.42 Å². The van der Waals surface area contributed by atoms with Crippen LogP contribution in [0.3, 0.4) is 0 Å². The standard InChI is InChI=1S/C20H23ClN2O/c1-15-18(21)8-5-9-19(15)22-20(24)23-12-10-17(11-13-23)14-16-6-3-2-4-7-16/h2-9,17H,10-14H2,1H3,(H,22,24). The summed E-state index contributed by atoms with van der Waals surface area (Å²) in [4.78, 5) is 14.4. The van der Waals surface area contributed by atoms with Crippen molar-refractivity contribution >= 4 is 23.3 Å². The molecule has 24 heavy (non-hydrogen) atoms. The number of hydrogen-bond acceptors (Lipinski definition) is 1. The predicted octanol–water partition coefficient (Wildman–Crippen LogP) is 5.14. The average molecular weight is 343 g/mol. The number of anilines is 1. The summed E-state index contributed by atoms with van der Waals surface area (Å²) >= 11 is 6.11. The number of hydrogen-bond donors (Lipinski definition) is 1. The van der Waals surface area contributed by atoms with E-state index < -0.39 is 0 Å². The summed E-state index contributed by atoms with van der Waals surface area (Å²) in [6.07, 6.45) is 3.21. The number of benzene rings is 2. The maximum atomic E-state index is 12.5. The smallest absolute Gasteiger partial charge is 0.321 e. The fraction of sp³-hybridized carbons (Fsp3) is 0.350. The van der Waals surface area contributed by atoms with E-state index in [0.29, 0.717) is 10.9 Å². The van der Waals surface area contributed by atoms with Gasteiger partial charge in [0.05, 0.1) is 0 Å². The Labute approximate surface area is 148 Å². The van der Waals surface area contributed by atoms with Crippen LogP contribution in [0.2, 0.25) is 5.02 Å². The molecular formula is C20H23ClN2O. The molecule has 1 saturated heterocycles. The van der Waals surface area contributed by atoms with Crippen LogP contribution < -0.4 is 5.32 Å². The lowest BCUT2D eigenvalue weighted by Crippen LogP contribution is -2.41. The normalized spacial score (nSPS) is 15.3. The average Bonchev–Trinajstić information content (AvgIpc) is 2.60. The van der Waals surface area contributed by atoms with Crippen molar-refractivity contribution in [3.8, 4) is 0 Å². The van der Waals surface area contributed by atoms with Crippen LogP contribution in [0.25, 0.3) is 0 Å². The number of nitrogens with one attached hydrogen (secondary N) is 1. The molecule has 0 bridgehead atoms. The fourth-order valence-electron chi connectivity index (χ4n) is 3.22. The predicted molar refractivity (Wildman–Crippen MR) is 99.7 cm³/mol. The number of amides is 2. The van der Waals surface area contributed by atoms with Gasteiger partial charge >= 0.3 is 6.03 Å². The maximum absolute atomic E-state index is 12.5. The molecule has 0 aromatic heterocycles. The van der Waals surface area contributed by atoms with Crippen LogP contribution in [0.5, 0.6) is 0 Å². The second kappa shape index (κ2) is 7.71. The molecule has 3 nitrogen and oxygen atoms in total. The Kier molecular flexibility index (Phi) is 5.41. The van der Waals surface area contributed by atoms with Crippen molar-refractivity contribution < 1.29 is 4.79 Å². The second-order valence-electron chi connectivity index (χ2n) is 6.46. The summed E-state index contributed by atoms with van der Waals surface area (Å²) in [6, 6.07) is 16.1. The molecule has 126 valence electrons. The van der Waals surface area contributed by atoms with Gasteiger partial charge in [-0.05, 0) is 55.4 Å². The Hall–Kier alpha value is -2.00. The highest BCUT2D eigenvalue weighted by Gasteiger charge is 2.23. The van der Waals surface area contributed by atoms with Crippen LogP contribution in [-0.4, -0.2) is 24.0 Å². The topological polar surface area (TPSA) is 32.3 Å². The number of carbonyl (C=O) groups excluding carboxylic acids is 1. The monoisotopic (exact) mass is 342 g/mol. The molecule has 0 aliphatic carbocycles. The van der Waals surface area contributed by atoms with Gasteiger partial charge in [-0.15, -0.1) is 0 Å². The molecule has 0 atom stereocenters. The van der Waals surface area contributed by atoms with Gasteiger partial charge < -0.3 is 10.2 Å². The Morgan fingerprint density at radius 2 is 1.83 bits per heavy atom. The lowest BCUT2D eigenvalue weighted by atomic mass is 9.90. The number of piperidine rings is 1. The third kappa shape index (κ3) is 4.09. The molecule has 1 N–H and O–H groups in total. The van der Waals surface area contributed by atoms with Crippen LogP contribution in [0.15, 0.2) is 48.5 Å². The Morgan fingerprint density at radius 1 is 1.12 bits per heavy atom. The molecule has 2 amide bonds. The SMILES string of the molecule is Cc1c(Cl)cccc1NC(=O)N1CCC(Cc2ccccc2)CC1. The fourth-order valence-corrected chi connectivity index (χ4v) is 3.40. The van der Waals surface area contributed by atoms with Crippen molar-refractivity contribution in [1.82, 2.24) is 4.90 Å². The molecule has 4 heteroatoms. The highest BCUT2D eigenvalue weighted by molar-refractivity contribution is 6.31. The number of halogens is 1. The second-order valence-corrected chi connectivity index (χ2v) is 6.87. The molecule has 0 unspecified atom stereocenters. The van der Waals surface area contributed by atoms with E-state index in [2.05, 4.69) is 29.6 Å². The number of rotatable bonds is 3. The summed E-state index contributed by atoms with van der Waals surface area (Å²) in [5, 5.41) is 3.66. The lowest BCUT2D eigenvalue weighted by molar-refractivity contribution is 0.182. The minimum absolute atomic E-state index is 0.0291. The van der Waals surface area contributed by atoms with Gasteiger partial charge in [0.1, 0.15) is 0 Å². The van der Waals surface area contributed by atoms with Gasteiger partial charge in [0, 0.05) is 23.8 Å². The number of nitrogens with zero attached hydrogens (tertiary/aromatic N) is 1. The van der Waals surface area contributed by atoms with Crippen LogP contribution in [0.1, 0.15) is 24.0 Å².